The van der Waals surface area contributed by atoms with Gasteiger partial charge in [-0.15, -0.1) is 0 Å². The highest BCUT2D eigenvalue weighted by Crippen LogP contribution is 2.26. The Morgan fingerprint density at radius 1 is 0.971 bits per heavy atom. The second kappa shape index (κ2) is 11.2. The van der Waals surface area contributed by atoms with Crippen LogP contribution in [0, 0.1) is 0 Å². The minimum Gasteiger partial charge on any atom is -0.459 e. The Kier molecular flexibility index (Phi) is 7.67. The number of anilines is 1. The van der Waals surface area contributed by atoms with Crippen LogP contribution < -0.4 is 10.9 Å². The molecule has 0 aliphatic rings. The summed E-state index contributed by atoms with van der Waals surface area (Å²) in [4.78, 5) is 34.4. The summed E-state index contributed by atoms with van der Waals surface area (Å²) in [5.41, 5.74) is 2.46. The van der Waals surface area contributed by atoms with Crippen molar-refractivity contribution in [1.82, 2.24) is 14.5 Å². The van der Waals surface area contributed by atoms with Crippen molar-refractivity contribution in [2.75, 3.05) is 11.9 Å². The van der Waals surface area contributed by atoms with Gasteiger partial charge < -0.3 is 10.1 Å². The molecule has 7 nitrogen and oxygen atoms in total. The number of esters is 1. The molecule has 0 saturated heterocycles. The van der Waals surface area contributed by atoms with Crippen LogP contribution in [0.4, 0.5) is 5.82 Å². The number of carbonyl (C=O) groups excluding carboxylic acids is 1. The fraction of sp³-hybridized carbons (Fsp3) is 0.154. The van der Waals surface area contributed by atoms with Crippen molar-refractivity contribution in [3.05, 3.63) is 112 Å². The maximum absolute atomic E-state index is 13.3. The monoisotopic (exact) mass is 474 g/mol. The Hall–Kier alpha value is -3.97. The third-order valence-corrected chi connectivity index (χ3v) is 5.39. The van der Waals surface area contributed by atoms with Gasteiger partial charge in [0.25, 0.3) is 5.56 Å². The van der Waals surface area contributed by atoms with Gasteiger partial charge in [-0.1, -0.05) is 78.3 Å². The Bertz CT molecular complexity index is 1300. The van der Waals surface area contributed by atoms with Crippen molar-refractivity contribution in [2.45, 2.75) is 19.6 Å². The van der Waals surface area contributed by atoms with E-state index in [0.29, 0.717) is 24.2 Å². The van der Waals surface area contributed by atoms with E-state index in [9.17, 15) is 9.59 Å². The molecular formula is C26H23ClN4O3. The molecule has 0 fully saturated rings. The van der Waals surface area contributed by atoms with Crippen LogP contribution in [0.15, 0.2) is 90.0 Å². The van der Waals surface area contributed by atoms with Crippen LogP contribution in [0.5, 0.6) is 0 Å². The van der Waals surface area contributed by atoms with Crippen molar-refractivity contribution in [1.29, 1.82) is 0 Å². The van der Waals surface area contributed by atoms with Crippen LogP contribution in [0.1, 0.15) is 11.1 Å². The summed E-state index contributed by atoms with van der Waals surface area (Å²) in [6, 6.07) is 22.3. The van der Waals surface area contributed by atoms with Crippen molar-refractivity contribution >= 4 is 23.4 Å². The van der Waals surface area contributed by atoms with Gasteiger partial charge in [0.2, 0.25) is 0 Å². The van der Waals surface area contributed by atoms with E-state index in [1.54, 1.807) is 12.4 Å². The number of halogens is 1. The number of rotatable bonds is 9. The molecule has 1 N–H and O–H groups in total. The summed E-state index contributed by atoms with van der Waals surface area (Å²) < 4.78 is 6.72. The topological polar surface area (TPSA) is 86.1 Å². The molecule has 2 heterocycles. The van der Waals surface area contributed by atoms with Crippen LogP contribution in [-0.4, -0.2) is 27.0 Å². The Morgan fingerprint density at radius 2 is 1.68 bits per heavy atom. The standard InChI is InChI=1S/C26H23ClN4O3/c27-24-23(21-11-5-2-6-12-21)31(17-22(32)34-18-20-8-3-1-4-9-20)26(33)25(30-24)29-15-13-19-10-7-14-28-16-19/h1-12,14,16H,13,15,17-18H2,(H,29,30). The van der Waals surface area contributed by atoms with Crippen LogP contribution >= 0.6 is 11.6 Å². The van der Waals surface area contributed by atoms with E-state index in [1.807, 2.05) is 72.8 Å². The van der Waals surface area contributed by atoms with E-state index >= 15 is 0 Å². The van der Waals surface area contributed by atoms with E-state index < -0.39 is 11.5 Å². The molecular weight excluding hydrogens is 452 g/mol. The first-order valence-electron chi connectivity index (χ1n) is 10.8. The minimum absolute atomic E-state index is 0.0735. The molecule has 0 bridgehead atoms. The fourth-order valence-corrected chi connectivity index (χ4v) is 3.76. The van der Waals surface area contributed by atoms with Crippen LogP contribution in [0.25, 0.3) is 11.3 Å². The quantitative estimate of drug-likeness (QED) is 0.363. The van der Waals surface area contributed by atoms with E-state index in [2.05, 4.69) is 15.3 Å². The second-order valence-electron chi connectivity index (χ2n) is 7.54. The second-order valence-corrected chi connectivity index (χ2v) is 7.90. The van der Waals surface area contributed by atoms with Gasteiger partial charge in [0.05, 0.1) is 5.69 Å². The number of nitrogens with one attached hydrogen (secondary N) is 1. The van der Waals surface area contributed by atoms with E-state index in [0.717, 1.165) is 11.1 Å². The van der Waals surface area contributed by atoms with Gasteiger partial charge in [0.1, 0.15) is 13.2 Å². The summed E-state index contributed by atoms with van der Waals surface area (Å²) in [6.45, 7) is 0.271. The van der Waals surface area contributed by atoms with Crippen molar-refractivity contribution in [3.8, 4) is 11.3 Å². The zero-order chi connectivity index (χ0) is 23.8. The van der Waals surface area contributed by atoms with Crippen molar-refractivity contribution < 1.29 is 9.53 Å². The smallest absolute Gasteiger partial charge is 0.326 e. The number of nitrogens with zero attached hydrogens (tertiary/aromatic N) is 3. The lowest BCUT2D eigenvalue weighted by Crippen LogP contribution is -2.30. The zero-order valence-corrected chi connectivity index (χ0v) is 19.1. The molecule has 0 aliphatic carbocycles. The van der Waals surface area contributed by atoms with Crippen LogP contribution in [-0.2, 0) is 29.1 Å². The lowest BCUT2D eigenvalue weighted by Gasteiger charge is -2.16. The molecule has 0 atom stereocenters. The first-order valence-corrected chi connectivity index (χ1v) is 11.2. The molecule has 0 radical (unpaired) electrons. The highest BCUT2D eigenvalue weighted by molar-refractivity contribution is 6.32. The minimum atomic E-state index is -0.549. The molecule has 0 unspecified atom stereocenters. The molecule has 172 valence electrons. The third-order valence-electron chi connectivity index (χ3n) is 5.13. The highest BCUT2D eigenvalue weighted by Gasteiger charge is 2.19. The van der Waals surface area contributed by atoms with Crippen LogP contribution in [0.2, 0.25) is 5.15 Å². The molecule has 34 heavy (non-hydrogen) atoms. The number of aromatic nitrogens is 3. The number of benzene rings is 2. The summed E-state index contributed by atoms with van der Waals surface area (Å²) >= 11 is 6.52. The molecule has 0 spiro atoms. The summed E-state index contributed by atoms with van der Waals surface area (Å²) in [6.07, 6.45) is 4.11. The first kappa shape index (κ1) is 23.2. The van der Waals surface area contributed by atoms with E-state index in [-0.39, 0.29) is 24.1 Å². The Labute approximate surface area is 202 Å². The summed E-state index contributed by atoms with van der Waals surface area (Å²) in [7, 11) is 0. The van der Waals surface area contributed by atoms with Gasteiger partial charge >= 0.3 is 5.97 Å². The molecule has 8 heteroatoms. The number of hydrogen-bond acceptors (Lipinski definition) is 6. The molecule has 2 aromatic carbocycles. The van der Waals surface area contributed by atoms with E-state index in [1.165, 1.54) is 4.57 Å². The largest absolute Gasteiger partial charge is 0.459 e. The highest BCUT2D eigenvalue weighted by atomic mass is 35.5. The molecule has 0 saturated carbocycles. The van der Waals surface area contributed by atoms with Crippen molar-refractivity contribution in [2.24, 2.45) is 0 Å². The van der Waals surface area contributed by atoms with Gasteiger partial charge in [0, 0.05) is 24.5 Å². The van der Waals surface area contributed by atoms with Gasteiger partial charge in [-0.25, -0.2) is 4.98 Å². The number of hydrogen-bond donors (Lipinski definition) is 1. The predicted octanol–water partition coefficient (Wildman–Crippen LogP) is 4.36. The Balaban J connectivity index is 1.58. The molecule has 4 rings (SSSR count). The molecule has 0 amide bonds. The number of carbonyl (C=O) groups is 1. The van der Waals surface area contributed by atoms with Gasteiger partial charge in [0.15, 0.2) is 11.0 Å². The predicted molar refractivity (Wildman–Crippen MR) is 132 cm³/mol. The third kappa shape index (κ3) is 5.88. The number of pyridine rings is 1. The lowest BCUT2D eigenvalue weighted by molar-refractivity contribution is -0.145. The summed E-state index contributed by atoms with van der Waals surface area (Å²) in [5.74, 6) is -0.476. The molecule has 2 aromatic heterocycles. The van der Waals surface area contributed by atoms with Gasteiger partial charge in [-0.05, 0) is 23.6 Å². The van der Waals surface area contributed by atoms with Crippen LogP contribution in [0.3, 0.4) is 0 Å². The SMILES string of the molecule is O=C(Cn1c(-c2ccccc2)c(Cl)nc(NCCc2cccnc2)c1=O)OCc1ccccc1. The fourth-order valence-electron chi connectivity index (χ4n) is 3.46. The number of ether oxygens (including phenoxy) is 1. The van der Waals surface area contributed by atoms with Gasteiger partial charge in [-0.2, -0.15) is 0 Å². The average molecular weight is 475 g/mol. The Morgan fingerprint density at radius 3 is 2.38 bits per heavy atom. The van der Waals surface area contributed by atoms with Gasteiger partial charge in [-0.3, -0.25) is 19.1 Å². The maximum Gasteiger partial charge on any atom is 0.326 e. The molecule has 4 aromatic rings. The normalized spacial score (nSPS) is 10.6. The summed E-state index contributed by atoms with van der Waals surface area (Å²) in [5, 5.41) is 3.16. The maximum atomic E-state index is 13.3. The lowest BCUT2D eigenvalue weighted by atomic mass is 10.1. The van der Waals surface area contributed by atoms with Crippen molar-refractivity contribution in [3.63, 3.8) is 0 Å². The van der Waals surface area contributed by atoms with E-state index in [4.69, 9.17) is 16.3 Å². The first-order chi connectivity index (χ1) is 16.6. The average Bonchev–Trinajstić information content (AvgIpc) is 2.87. The zero-order valence-electron chi connectivity index (χ0n) is 18.4. The molecule has 0 aliphatic heterocycles.